The molecule has 0 spiro atoms. The number of alkyl carbamates (subject to hydrolysis) is 1. The molecule has 11 heteroatoms. The van der Waals surface area contributed by atoms with Crippen molar-refractivity contribution in [2.24, 2.45) is 5.92 Å². The number of aromatic nitrogens is 2. The Morgan fingerprint density at radius 1 is 1.28 bits per heavy atom. The second-order valence-electron chi connectivity index (χ2n) is 12.0. The van der Waals surface area contributed by atoms with Crippen LogP contribution in [0.15, 0.2) is 16.7 Å². The molecule has 2 amide bonds. The summed E-state index contributed by atoms with van der Waals surface area (Å²) >= 11 is 10.6. The van der Waals surface area contributed by atoms with E-state index in [1.807, 2.05) is 44.6 Å². The normalized spacial score (nSPS) is 27.0. The van der Waals surface area contributed by atoms with Crippen molar-refractivity contribution >= 4 is 50.6 Å². The predicted octanol–water partition coefficient (Wildman–Crippen LogP) is 6.77. The number of hydrogen-bond acceptors (Lipinski definition) is 6. The lowest BCUT2D eigenvalue weighted by Crippen LogP contribution is -2.41. The maximum Gasteiger partial charge on any atom is 0.410 e. The molecule has 2 aliphatic heterocycles. The van der Waals surface area contributed by atoms with Crippen molar-refractivity contribution in [3.8, 4) is 0 Å². The van der Waals surface area contributed by atoms with Gasteiger partial charge >= 0.3 is 12.2 Å². The SMILES string of the molecule is C[C@@H]1C[C@@H](NC(=O)OCCC2CC2c2c(Cl)cc3c(cnn3C3CCCCO3)c2Br)CN1C(=O)OC(C)(C)C. The van der Waals surface area contributed by atoms with E-state index in [9.17, 15) is 9.59 Å². The van der Waals surface area contributed by atoms with E-state index in [1.165, 1.54) is 0 Å². The lowest BCUT2D eigenvalue weighted by Gasteiger charge is -2.26. The van der Waals surface area contributed by atoms with Gasteiger partial charge in [-0.15, -0.1) is 0 Å². The maximum atomic E-state index is 12.4. The Hall–Kier alpha value is -2.04. The number of carbonyl (C=O) groups is 2. The van der Waals surface area contributed by atoms with Crippen molar-refractivity contribution in [3.63, 3.8) is 0 Å². The van der Waals surface area contributed by atoms with Crippen LogP contribution in [0.2, 0.25) is 5.02 Å². The number of likely N-dealkylation sites (tertiary alicyclic amines) is 1. The molecule has 3 unspecified atom stereocenters. The fourth-order valence-corrected chi connectivity index (χ4v) is 7.03. The first-order chi connectivity index (χ1) is 18.5. The summed E-state index contributed by atoms with van der Waals surface area (Å²) in [6.45, 7) is 8.99. The van der Waals surface area contributed by atoms with E-state index in [4.69, 9.17) is 25.8 Å². The van der Waals surface area contributed by atoms with E-state index in [1.54, 1.807) is 4.90 Å². The third kappa shape index (κ3) is 6.49. The van der Waals surface area contributed by atoms with Crippen molar-refractivity contribution in [1.29, 1.82) is 0 Å². The molecule has 3 heterocycles. The minimum absolute atomic E-state index is 0.0137. The van der Waals surface area contributed by atoms with Crippen LogP contribution in [0.4, 0.5) is 9.59 Å². The van der Waals surface area contributed by atoms with E-state index in [2.05, 4.69) is 26.3 Å². The summed E-state index contributed by atoms with van der Waals surface area (Å²) in [5.74, 6) is 0.713. The molecule has 214 valence electrons. The van der Waals surface area contributed by atoms with Crippen molar-refractivity contribution < 1.29 is 23.8 Å². The summed E-state index contributed by atoms with van der Waals surface area (Å²) in [6.07, 6.45) is 6.63. The lowest BCUT2D eigenvalue weighted by molar-refractivity contribution is -0.0366. The molecule has 1 N–H and O–H groups in total. The molecule has 5 atom stereocenters. The topological polar surface area (TPSA) is 94.9 Å². The molecule has 9 nitrogen and oxygen atoms in total. The molecule has 1 aromatic carbocycles. The van der Waals surface area contributed by atoms with Gasteiger partial charge in [-0.3, -0.25) is 0 Å². The molecule has 3 aliphatic rings. The van der Waals surface area contributed by atoms with Crippen LogP contribution < -0.4 is 5.32 Å². The van der Waals surface area contributed by atoms with E-state index in [-0.39, 0.29) is 24.4 Å². The van der Waals surface area contributed by atoms with Gasteiger partial charge in [0.1, 0.15) is 5.60 Å². The molecule has 1 aromatic heterocycles. The average Bonchev–Trinajstić information content (AvgIpc) is 3.30. The number of carbonyl (C=O) groups excluding carboxylic acids is 2. The highest BCUT2D eigenvalue weighted by molar-refractivity contribution is 9.10. The minimum atomic E-state index is -0.556. The van der Waals surface area contributed by atoms with Crippen molar-refractivity contribution in [1.82, 2.24) is 20.0 Å². The zero-order chi connectivity index (χ0) is 27.9. The summed E-state index contributed by atoms with van der Waals surface area (Å²) < 4.78 is 19.8. The average molecular weight is 626 g/mol. The summed E-state index contributed by atoms with van der Waals surface area (Å²) in [4.78, 5) is 26.5. The monoisotopic (exact) mass is 624 g/mol. The minimum Gasteiger partial charge on any atom is -0.450 e. The number of fused-ring (bicyclic) bond motifs is 1. The number of nitrogens with one attached hydrogen (secondary N) is 1. The Bertz CT molecular complexity index is 1220. The predicted molar refractivity (Wildman–Crippen MR) is 152 cm³/mol. The van der Waals surface area contributed by atoms with Gasteiger partial charge in [0.15, 0.2) is 6.23 Å². The van der Waals surface area contributed by atoms with Crippen LogP contribution >= 0.6 is 27.5 Å². The Kier molecular flexibility index (Phi) is 8.36. The summed E-state index contributed by atoms with van der Waals surface area (Å²) in [6, 6.07) is 1.83. The Morgan fingerprint density at radius 3 is 2.79 bits per heavy atom. The molecular weight excluding hydrogens is 588 g/mol. The highest BCUT2D eigenvalue weighted by Crippen LogP contribution is 2.55. The van der Waals surface area contributed by atoms with Crippen molar-refractivity contribution in [2.45, 2.75) is 96.1 Å². The van der Waals surface area contributed by atoms with Gasteiger partial charge in [-0.05, 0) is 106 Å². The number of ether oxygens (including phenoxy) is 3. The molecule has 2 aromatic rings. The highest BCUT2D eigenvalue weighted by Gasteiger charge is 2.41. The fraction of sp³-hybridized carbons (Fsp3) is 0.679. The standard InChI is InChI=1S/C28H38BrClN4O5/c1-16-11-18(15-33(16)27(36)39-28(2,3)4)32-26(35)38-10-8-17-12-19(17)24-21(30)13-22-20(25(24)29)14-31-34(22)23-7-5-6-9-37-23/h13-14,16-19,23H,5-12,15H2,1-4H3,(H,32,35)/t16-,17?,18-,19?,23?/m1/s1. The van der Waals surface area contributed by atoms with Gasteiger partial charge in [0.05, 0.1) is 24.4 Å². The van der Waals surface area contributed by atoms with E-state index in [0.29, 0.717) is 31.4 Å². The van der Waals surface area contributed by atoms with Gasteiger partial charge in [-0.2, -0.15) is 5.10 Å². The Morgan fingerprint density at radius 2 is 2.08 bits per heavy atom. The van der Waals surface area contributed by atoms with Gasteiger partial charge in [0.2, 0.25) is 0 Å². The van der Waals surface area contributed by atoms with Crippen LogP contribution in [0.25, 0.3) is 10.9 Å². The first-order valence-electron chi connectivity index (χ1n) is 13.9. The van der Waals surface area contributed by atoms with Gasteiger partial charge in [0.25, 0.3) is 0 Å². The molecule has 1 saturated carbocycles. The van der Waals surface area contributed by atoms with Crippen LogP contribution in [0.5, 0.6) is 0 Å². The molecule has 5 rings (SSSR count). The third-order valence-corrected chi connectivity index (χ3v) is 8.96. The number of amides is 2. The Balaban J connectivity index is 1.11. The summed E-state index contributed by atoms with van der Waals surface area (Å²) in [7, 11) is 0. The van der Waals surface area contributed by atoms with E-state index < -0.39 is 11.7 Å². The second-order valence-corrected chi connectivity index (χ2v) is 13.2. The zero-order valence-corrected chi connectivity index (χ0v) is 25.4. The molecule has 2 saturated heterocycles. The second kappa shape index (κ2) is 11.4. The molecule has 1 aliphatic carbocycles. The molecule has 0 radical (unpaired) electrons. The highest BCUT2D eigenvalue weighted by atomic mass is 79.9. The third-order valence-electron chi connectivity index (χ3n) is 7.80. The van der Waals surface area contributed by atoms with Crippen LogP contribution in [-0.2, 0) is 14.2 Å². The van der Waals surface area contributed by atoms with Gasteiger partial charge in [-0.25, -0.2) is 14.3 Å². The first-order valence-corrected chi connectivity index (χ1v) is 15.1. The number of hydrogen-bond donors (Lipinski definition) is 1. The number of rotatable bonds is 6. The van der Waals surface area contributed by atoms with Gasteiger partial charge in [0, 0.05) is 34.1 Å². The quantitative estimate of drug-likeness (QED) is 0.381. The smallest absolute Gasteiger partial charge is 0.410 e. The van der Waals surface area contributed by atoms with Crippen LogP contribution in [-0.4, -0.2) is 64.3 Å². The zero-order valence-electron chi connectivity index (χ0n) is 23.0. The van der Waals surface area contributed by atoms with E-state index >= 15 is 0 Å². The molecule has 39 heavy (non-hydrogen) atoms. The summed E-state index contributed by atoms with van der Waals surface area (Å²) in [5.41, 5.74) is 1.52. The van der Waals surface area contributed by atoms with Gasteiger partial charge in [-0.1, -0.05) is 11.6 Å². The number of benzene rings is 1. The largest absolute Gasteiger partial charge is 0.450 e. The number of halogens is 2. The fourth-order valence-electron chi connectivity index (χ4n) is 5.76. The van der Waals surface area contributed by atoms with Crippen LogP contribution in [0, 0.1) is 5.92 Å². The van der Waals surface area contributed by atoms with Crippen molar-refractivity contribution in [2.75, 3.05) is 19.8 Å². The molecular formula is C28H38BrClN4O5. The number of nitrogens with zero attached hydrogens (tertiary/aromatic N) is 3. The van der Waals surface area contributed by atoms with Crippen LogP contribution in [0.1, 0.15) is 83.9 Å². The van der Waals surface area contributed by atoms with Crippen LogP contribution in [0.3, 0.4) is 0 Å². The molecule has 3 fully saturated rings. The first kappa shape index (κ1) is 28.5. The molecule has 0 bridgehead atoms. The van der Waals surface area contributed by atoms with Gasteiger partial charge < -0.3 is 24.4 Å². The van der Waals surface area contributed by atoms with E-state index in [0.717, 1.165) is 64.7 Å². The summed E-state index contributed by atoms with van der Waals surface area (Å²) in [5, 5.41) is 9.28. The Labute approximate surface area is 243 Å². The lowest BCUT2D eigenvalue weighted by atomic mass is 10.1. The van der Waals surface area contributed by atoms with Crippen molar-refractivity contribution in [3.05, 3.63) is 27.3 Å². The maximum absolute atomic E-state index is 12.4.